The van der Waals surface area contributed by atoms with Gasteiger partial charge in [-0.3, -0.25) is 0 Å². The highest BCUT2D eigenvalue weighted by Crippen LogP contribution is 2.25. The van der Waals surface area contributed by atoms with Gasteiger partial charge in [0.15, 0.2) is 0 Å². The molecule has 2 rings (SSSR count). The van der Waals surface area contributed by atoms with E-state index in [-0.39, 0.29) is 6.10 Å². The van der Waals surface area contributed by atoms with Gasteiger partial charge < -0.3 is 9.47 Å². The van der Waals surface area contributed by atoms with Gasteiger partial charge in [-0.05, 0) is 36.2 Å². The van der Waals surface area contributed by atoms with Gasteiger partial charge in [0.25, 0.3) is 0 Å². The van der Waals surface area contributed by atoms with Crippen LogP contribution >= 0.6 is 0 Å². The fourth-order valence-corrected chi connectivity index (χ4v) is 1.87. The summed E-state index contributed by atoms with van der Waals surface area (Å²) in [6, 6.07) is 17.9. The average Bonchev–Trinajstić information content (AvgIpc) is 2.46. The summed E-state index contributed by atoms with van der Waals surface area (Å²) in [6.45, 7) is 2.12. The van der Waals surface area contributed by atoms with Gasteiger partial charge in [0.1, 0.15) is 17.6 Å². The monoisotopic (exact) mass is 242 g/mol. The molecule has 0 bridgehead atoms. The zero-order valence-electron chi connectivity index (χ0n) is 10.8. The number of benzene rings is 2. The molecule has 0 spiro atoms. The Labute approximate surface area is 108 Å². The first kappa shape index (κ1) is 12.5. The quantitative estimate of drug-likeness (QED) is 0.781. The molecule has 0 amide bonds. The molecule has 0 N–H and O–H groups in total. The predicted molar refractivity (Wildman–Crippen MR) is 73.1 cm³/mol. The summed E-state index contributed by atoms with van der Waals surface area (Å²) in [4.78, 5) is 0. The fraction of sp³-hybridized carbons (Fsp3) is 0.250. The van der Waals surface area contributed by atoms with Gasteiger partial charge in [-0.15, -0.1) is 0 Å². The Hall–Kier alpha value is -1.96. The van der Waals surface area contributed by atoms with Crippen molar-refractivity contribution < 1.29 is 9.47 Å². The summed E-state index contributed by atoms with van der Waals surface area (Å²) in [5, 5.41) is 0. The topological polar surface area (TPSA) is 18.5 Å². The van der Waals surface area contributed by atoms with Crippen LogP contribution in [0.3, 0.4) is 0 Å². The molecule has 0 saturated carbocycles. The Bertz CT molecular complexity index is 462. The van der Waals surface area contributed by atoms with Crippen molar-refractivity contribution >= 4 is 0 Å². The SMILES string of the molecule is CC[C@@H](Oc1ccccc1)c1ccc(OC)cc1. The Morgan fingerprint density at radius 2 is 1.56 bits per heavy atom. The highest BCUT2D eigenvalue weighted by Gasteiger charge is 2.10. The third-order valence-corrected chi connectivity index (χ3v) is 2.88. The van der Waals surface area contributed by atoms with Crippen molar-refractivity contribution in [3.05, 3.63) is 60.2 Å². The molecular formula is C16H18O2. The zero-order chi connectivity index (χ0) is 12.8. The van der Waals surface area contributed by atoms with Crippen molar-refractivity contribution in [1.29, 1.82) is 0 Å². The van der Waals surface area contributed by atoms with Gasteiger partial charge in [0.05, 0.1) is 7.11 Å². The van der Waals surface area contributed by atoms with Crippen LogP contribution < -0.4 is 9.47 Å². The van der Waals surface area contributed by atoms with Crippen LogP contribution in [0.2, 0.25) is 0 Å². The van der Waals surface area contributed by atoms with E-state index < -0.39 is 0 Å². The first-order chi connectivity index (χ1) is 8.83. The Morgan fingerprint density at radius 3 is 2.11 bits per heavy atom. The molecule has 0 heterocycles. The molecule has 2 aromatic rings. The normalized spacial score (nSPS) is 11.9. The third-order valence-electron chi connectivity index (χ3n) is 2.88. The minimum Gasteiger partial charge on any atom is -0.497 e. The van der Waals surface area contributed by atoms with E-state index in [9.17, 15) is 0 Å². The summed E-state index contributed by atoms with van der Waals surface area (Å²) in [7, 11) is 1.67. The summed E-state index contributed by atoms with van der Waals surface area (Å²) in [6.07, 6.45) is 1.01. The Kier molecular flexibility index (Phi) is 4.24. The van der Waals surface area contributed by atoms with Crippen molar-refractivity contribution in [2.24, 2.45) is 0 Å². The number of methoxy groups -OCH3 is 1. The lowest BCUT2D eigenvalue weighted by molar-refractivity contribution is 0.201. The molecule has 18 heavy (non-hydrogen) atoms. The molecule has 0 radical (unpaired) electrons. The smallest absolute Gasteiger partial charge is 0.123 e. The molecule has 0 fully saturated rings. The first-order valence-corrected chi connectivity index (χ1v) is 6.19. The van der Waals surface area contributed by atoms with E-state index in [1.807, 2.05) is 42.5 Å². The van der Waals surface area contributed by atoms with E-state index in [0.29, 0.717) is 0 Å². The lowest BCUT2D eigenvalue weighted by Crippen LogP contribution is -2.06. The number of hydrogen-bond donors (Lipinski definition) is 0. The first-order valence-electron chi connectivity index (χ1n) is 6.19. The van der Waals surface area contributed by atoms with Crippen molar-refractivity contribution in [3.8, 4) is 11.5 Å². The van der Waals surface area contributed by atoms with Gasteiger partial charge in [-0.25, -0.2) is 0 Å². The number of ether oxygens (including phenoxy) is 2. The van der Waals surface area contributed by atoms with E-state index in [1.165, 1.54) is 5.56 Å². The van der Waals surface area contributed by atoms with Gasteiger partial charge >= 0.3 is 0 Å². The maximum atomic E-state index is 5.98. The molecule has 0 unspecified atom stereocenters. The molecule has 2 heteroatoms. The highest BCUT2D eigenvalue weighted by molar-refractivity contribution is 5.30. The maximum absolute atomic E-state index is 5.98. The molecule has 94 valence electrons. The van der Waals surface area contributed by atoms with Crippen molar-refractivity contribution in [1.82, 2.24) is 0 Å². The highest BCUT2D eigenvalue weighted by atomic mass is 16.5. The summed E-state index contributed by atoms with van der Waals surface area (Å²) in [5.41, 5.74) is 1.17. The van der Waals surface area contributed by atoms with Crippen LogP contribution in [-0.2, 0) is 0 Å². The molecule has 0 aliphatic heterocycles. The second-order valence-electron chi connectivity index (χ2n) is 4.10. The van der Waals surface area contributed by atoms with Crippen LogP contribution in [0.25, 0.3) is 0 Å². The molecule has 0 saturated heterocycles. The van der Waals surface area contributed by atoms with Crippen molar-refractivity contribution in [3.63, 3.8) is 0 Å². The van der Waals surface area contributed by atoms with Gasteiger partial charge in [-0.2, -0.15) is 0 Å². The largest absolute Gasteiger partial charge is 0.497 e. The van der Waals surface area contributed by atoms with Crippen LogP contribution in [0.4, 0.5) is 0 Å². The molecule has 0 aliphatic rings. The summed E-state index contributed by atoms with van der Waals surface area (Å²) >= 11 is 0. The zero-order valence-corrected chi connectivity index (χ0v) is 10.8. The second-order valence-corrected chi connectivity index (χ2v) is 4.10. The van der Waals surface area contributed by atoms with Crippen LogP contribution in [0.1, 0.15) is 25.0 Å². The lowest BCUT2D eigenvalue weighted by atomic mass is 10.1. The van der Waals surface area contributed by atoms with Crippen molar-refractivity contribution in [2.75, 3.05) is 7.11 Å². The minimum absolute atomic E-state index is 0.0818. The van der Waals surface area contributed by atoms with Gasteiger partial charge in [0, 0.05) is 0 Å². The Morgan fingerprint density at radius 1 is 0.889 bits per heavy atom. The second kappa shape index (κ2) is 6.10. The molecule has 2 aromatic carbocycles. The summed E-state index contributed by atoms with van der Waals surface area (Å²) in [5.74, 6) is 1.77. The fourth-order valence-electron chi connectivity index (χ4n) is 1.87. The van der Waals surface area contributed by atoms with Crippen LogP contribution in [0, 0.1) is 0 Å². The number of hydrogen-bond acceptors (Lipinski definition) is 2. The lowest BCUT2D eigenvalue weighted by Gasteiger charge is -2.18. The molecular weight excluding hydrogens is 224 g/mol. The van der Waals surface area contributed by atoms with Crippen LogP contribution in [-0.4, -0.2) is 7.11 Å². The molecule has 0 aliphatic carbocycles. The van der Waals surface area contributed by atoms with E-state index in [0.717, 1.165) is 17.9 Å². The molecule has 1 atom stereocenters. The van der Waals surface area contributed by atoms with Gasteiger partial charge in [-0.1, -0.05) is 37.3 Å². The van der Waals surface area contributed by atoms with E-state index >= 15 is 0 Å². The number of rotatable bonds is 5. The predicted octanol–water partition coefficient (Wildman–Crippen LogP) is 4.23. The number of para-hydroxylation sites is 1. The standard InChI is InChI=1S/C16H18O2/c1-3-16(18-15-7-5-4-6-8-15)13-9-11-14(17-2)12-10-13/h4-12,16H,3H2,1-2H3/t16-/m1/s1. The van der Waals surface area contributed by atoms with Crippen molar-refractivity contribution in [2.45, 2.75) is 19.4 Å². The molecule has 2 nitrogen and oxygen atoms in total. The maximum Gasteiger partial charge on any atom is 0.123 e. The van der Waals surface area contributed by atoms with Gasteiger partial charge in [0.2, 0.25) is 0 Å². The third kappa shape index (κ3) is 3.04. The van der Waals surface area contributed by atoms with E-state index in [1.54, 1.807) is 7.11 Å². The summed E-state index contributed by atoms with van der Waals surface area (Å²) < 4.78 is 11.1. The van der Waals surface area contributed by atoms with Crippen LogP contribution in [0.15, 0.2) is 54.6 Å². The average molecular weight is 242 g/mol. The Balaban J connectivity index is 2.12. The van der Waals surface area contributed by atoms with E-state index in [4.69, 9.17) is 9.47 Å². The van der Waals surface area contributed by atoms with E-state index in [2.05, 4.69) is 19.1 Å². The van der Waals surface area contributed by atoms with Crippen LogP contribution in [0.5, 0.6) is 11.5 Å². The molecule has 0 aromatic heterocycles. The minimum atomic E-state index is 0.0818.